The summed E-state index contributed by atoms with van der Waals surface area (Å²) in [6.07, 6.45) is 3.87. The lowest BCUT2D eigenvalue weighted by Crippen LogP contribution is -2.28. The number of hydrogen-bond donors (Lipinski definition) is 0. The number of allylic oxidation sites excluding steroid dienone is 1. The molecule has 184 valence electrons. The maximum atomic E-state index is 14.2. The molecule has 0 saturated carbocycles. The van der Waals surface area contributed by atoms with E-state index in [1.165, 1.54) is 25.3 Å². The monoisotopic (exact) mass is 523 g/mol. The number of carbonyl (C=O) groups excluding carboxylic acids is 2. The first-order chi connectivity index (χ1) is 17.4. The van der Waals surface area contributed by atoms with Gasteiger partial charge in [0.05, 0.1) is 18.6 Å². The van der Waals surface area contributed by atoms with E-state index in [4.69, 9.17) is 21.1 Å². The van der Waals surface area contributed by atoms with Crippen molar-refractivity contribution >= 4 is 40.6 Å². The van der Waals surface area contributed by atoms with Gasteiger partial charge < -0.3 is 9.47 Å². The van der Waals surface area contributed by atoms with Gasteiger partial charge in [0.1, 0.15) is 12.4 Å². The molecule has 1 aliphatic heterocycles. The molecule has 3 aromatic carbocycles. The summed E-state index contributed by atoms with van der Waals surface area (Å²) in [4.78, 5) is 26.8. The van der Waals surface area contributed by atoms with Crippen LogP contribution in [0.25, 0.3) is 6.08 Å². The van der Waals surface area contributed by atoms with Crippen molar-refractivity contribution in [3.05, 3.63) is 111 Å². The van der Waals surface area contributed by atoms with Crippen LogP contribution >= 0.6 is 23.4 Å². The van der Waals surface area contributed by atoms with E-state index >= 15 is 0 Å². The molecule has 0 spiro atoms. The summed E-state index contributed by atoms with van der Waals surface area (Å²) in [7, 11) is 1.54. The fourth-order valence-electron chi connectivity index (χ4n) is 3.75. The van der Waals surface area contributed by atoms with Crippen LogP contribution < -0.4 is 9.47 Å². The summed E-state index contributed by atoms with van der Waals surface area (Å²) in [5.74, 6) is -0.0111. The van der Waals surface area contributed by atoms with Crippen LogP contribution in [0.5, 0.6) is 11.5 Å². The summed E-state index contributed by atoms with van der Waals surface area (Å²) in [6.45, 7) is 3.94. The normalized spacial score (nSPS) is 14.4. The first-order valence-electron chi connectivity index (χ1n) is 11.1. The van der Waals surface area contributed by atoms with Gasteiger partial charge in [0.25, 0.3) is 11.1 Å². The lowest BCUT2D eigenvalue weighted by atomic mass is 10.0. The highest BCUT2D eigenvalue weighted by Crippen LogP contribution is 2.38. The van der Waals surface area contributed by atoms with E-state index in [9.17, 15) is 14.0 Å². The molecule has 8 heteroatoms. The third kappa shape index (κ3) is 5.64. The molecule has 2 amide bonds. The Labute approximate surface area is 218 Å². The van der Waals surface area contributed by atoms with Crippen LogP contribution in [-0.2, 0) is 24.4 Å². The van der Waals surface area contributed by atoms with Gasteiger partial charge in [0, 0.05) is 16.1 Å². The second-order valence-corrected chi connectivity index (χ2v) is 9.35. The maximum absolute atomic E-state index is 14.2. The van der Waals surface area contributed by atoms with Crippen molar-refractivity contribution in [1.29, 1.82) is 0 Å². The number of thioether (sulfide) groups is 1. The molecule has 1 fully saturated rings. The fourth-order valence-corrected chi connectivity index (χ4v) is 4.81. The zero-order chi connectivity index (χ0) is 25.7. The predicted octanol–water partition coefficient (Wildman–Crippen LogP) is 7.03. The molecule has 3 aromatic rings. The van der Waals surface area contributed by atoms with Crippen molar-refractivity contribution in [3.63, 3.8) is 0 Å². The summed E-state index contributed by atoms with van der Waals surface area (Å²) in [5, 5.41) is -0.338. The molecule has 0 unspecified atom stereocenters. The predicted molar refractivity (Wildman–Crippen MR) is 141 cm³/mol. The molecule has 1 aliphatic rings. The molecular formula is C28H23ClFNO4S. The van der Waals surface area contributed by atoms with Crippen molar-refractivity contribution in [1.82, 2.24) is 4.90 Å². The second kappa shape index (κ2) is 11.5. The van der Waals surface area contributed by atoms with Crippen molar-refractivity contribution in [2.75, 3.05) is 7.11 Å². The highest BCUT2D eigenvalue weighted by atomic mass is 35.5. The highest BCUT2D eigenvalue weighted by Gasteiger charge is 2.36. The molecule has 0 atom stereocenters. The van der Waals surface area contributed by atoms with Crippen molar-refractivity contribution < 1.29 is 23.5 Å². The first-order valence-corrected chi connectivity index (χ1v) is 12.3. The average Bonchev–Trinajstić information content (AvgIpc) is 3.13. The molecule has 0 bridgehead atoms. The van der Waals surface area contributed by atoms with Crippen LogP contribution in [0.3, 0.4) is 0 Å². The zero-order valence-corrected chi connectivity index (χ0v) is 21.1. The number of nitrogens with zero attached hydrogens (tertiary/aromatic N) is 1. The van der Waals surface area contributed by atoms with Crippen LogP contribution in [0, 0.1) is 5.82 Å². The molecule has 36 heavy (non-hydrogen) atoms. The average molecular weight is 524 g/mol. The van der Waals surface area contributed by atoms with Crippen LogP contribution in [0.4, 0.5) is 9.18 Å². The van der Waals surface area contributed by atoms with Gasteiger partial charge >= 0.3 is 0 Å². The Morgan fingerprint density at radius 3 is 2.58 bits per heavy atom. The zero-order valence-electron chi connectivity index (χ0n) is 19.5. The third-order valence-corrected chi connectivity index (χ3v) is 6.78. The van der Waals surface area contributed by atoms with Crippen LogP contribution in [0.1, 0.15) is 22.3 Å². The Kier molecular flexibility index (Phi) is 8.13. The number of ether oxygens (including phenoxy) is 2. The van der Waals surface area contributed by atoms with E-state index in [2.05, 4.69) is 6.58 Å². The minimum Gasteiger partial charge on any atom is -0.493 e. The van der Waals surface area contributed by atoms with Crippen molar-refractivity contribution in [2.24, 2.45) is 0 Å². The molecule has 0 aliphatic carbocycles. The first kappa shape index (κ1) is 25.5. The molecule has 5 nitrogen and oxygen atoms in total. The van der Waals surface area contributed by atoms with Crippen molar-refractivity contribution in [2.45, 2.75) is 19.6 Å². The van der Waals surface area contributed by atoms with Gasteiger partial charge in [0.15, 0.2) is 11.5 Å². The summed E-state index contributed by atoms with van der Waals surface area (Å²) >= 11 is 6.88. The fraction of sp³-hybridized carbons (Fsp3) is 0.143. The number of hydrogen-bond acceptors (Lipinski definition) is 5. The van der Waals surface area contributed by atoms with Crippen LogP contribution in [0.15, 0.2) is 78.2 Å². The number of halogens is 2. The number of carbonyl (C=O) groups is 2. The van der Waals surface area contributed by atoms with Crippen LogP contribution in [0.2, 0.25) is 5.02 Å². The standard InChI is InChI=1S/C28H23ClFNO4S/c1-3-8-20-13-19(14-24(34-2)26(20)35-17-18-9-5-4-6-10-18)15-25-27(32)31(28(33)36-25)16-21-22(29)11-7-12-23(21)30/h3-7,9-15H,1,8,16-17H2,2H3/b25-15+. The maximum Gasteiger partial charge on any atom is 0.293 e. The van der Waals surface area contributed by atoms with Crippen molar-refractivity contribution in [3.8, 4) is 11.5 Å². The van der Waals surface area contributed by atoms with E-state index in [0.717, 1.165) is 27.8 Å². The topological polar surface area (TPSA) is 55.8 Å². The van der Waals surface area contributed by atoms with E-state index in [-0.39, 0.29) is 22.0 Å². The van der Waals surface area contributed by atoms with Gasteiger partial charge in [-0.25, -0.2) is 4.39 Å². The number of rotatable bonds is 9. The Morgan fingerprint density at radius 1 is 1.11 bits per heavy atom. The number of methoxy groups -OCH3 is 1. The SMILES string of the molecule is C=CCc1cc(/C=C2/SC(=O)N(Cc3c(F)cccc3Cl)C2=O)cc(OC)c1OCc1ccccc1. The smallest absolute Gasteiger partial charge is 0.293 e. The van der Waals surface area contributed by atoms with Gasteiger partial charge in [-0.3, -0.25) is 14.5 Å². The molecule has 1 heterocycles. The lowest BCUT2D eigenvalue weighted by Gasteiger charge is -2.16. The third-order valence-electron chi connectivity index (χ3n) is 5.51. The highest BCUT2D eigenvalue weighted by molar-refractivity contribution is 8.18. The Morgan fingerprint density at radius 2 is 1.89 bits per heavy atom. The van der Waals surface area contributed by atoms with Gasteiger partial charge in [-0.05, 0) is 59.7 Å². The van der Waals surface area contributed by atoms with Gasteiger partial charge in [-0.1, -0.05) is 54.1 Å². The minimum atomic E-state index is -0.574. The number of benzene rings is 3. The number of amides is 2. The quantitative estimate of drug-likeness (QED) is 0.222. The van der Waals surface area contributed by atoms with E-state index in [0.29, 0.717) is 30.1 Å². The Hall–Kier alpha value is -3.55. The molecule has 0 N–H and O–H groups in total. The van der Waals surface area contributed by atoms with Gasteiger partial charge in [-0.2, -0.15) is 0 Å². The molecule has 1 saturated heterocycles. The van der Waals surface area contributed by atoms with Gasteiger partial charge in [-0.15, -0.1) is 6.58 Å². The summed E-state index contributed by atoms with van der Waals surface area (Å²) in [5.41, 5.74) is 2.59. The molecule has 0 radical (unpaired) electrons. The van der Waals surface area contributed by atoms with E-state index in [1.807, 2.05) is 36.4 Å². The summed E-state index contributed by atoms with van der Waals surface area (Å²) in [6, 6.07) is 17.6. The second-order valence-electron chi connectivity index (χ2n) is 7.95. The molecular weight excluding hydrogens is 501 g/mol. The minimum absolute atomic E-state index is 0.0950. The number of imide groups is 1. The summed E-state index contributed by atoms with van der Waals surface area (Å²) < 4.78 is 25.9. The van der Waals surface area contributed by atoms with E-state index < -0.39 is 17.0 Å². The molecule has 0 aromatic heterocycles. The van der Waals surface area contributed by atoms with Crippen LogP contribution in [-0.4, -0.2) is 23.2 Å². The Bertz CT molecular complexity index is 1320. The largest absolute Gasteiger partial charge is 0.493 e. The molecule has 4 rings (SSSR count). The van der Waals surface area contributed by atoms with Gasteiger partial charge in [0.2, 0.25) is 0 Å². The van der Waals surface area contributed by atoms with E-state index in [1.54, 1.807) is 18.2 Å². The lowest BCUT2D eigenvalue weighted by molar-refractivity contribution is -0.123. The Balaban J connectivity index is 1.61.